The summed E-state index contributed by atoms with van der Waals surface area (Å²) in [6.45, 7) is 2.10. The summed E-state index contributed by atoms with van der Waals surface area (Å²) in [5.41, 5.74) is 1.80. The quantitative estimate of drug-likeness (QED) is 0.828. The third kappa shape index (κ3) is 2.35. The lowest BCUT2D eigenvalue weighted by molar-refractivity contribution is 0.700. The van der Waals surface area contributed by atoms with Crippen molar-refractivity contribution in [2.45, 2.75) is 13.0 Å². The second-order valence-corrected chi connectivity index (χ2v) is 4.37. The highest BCUT2D eigenvalue weighted by molar-refractivity contribution is 5.42. The van der Waals surface area contributed by atoms with Crippen molar-refractivity contribution < 1.29 is 0 Å². The van der Waals surface area contributed by atoms with Gasteiger partial charge >= 0.3 is 0 Å². The summed E-state index contributed by atoms with van der Waals surface area (Å²) in [5, 5.41) is 13.3. The van der Waals surface area contributed by atoms with Crippen LogP contribution in [0.2, 0.25) is 0 Å². The van der Waals surface area contributed by atoms with E-state index in [2.05, 4.69) is 23.0 Å². The number of aromatic nitrogens is 2. The van der Waals surface area contributed by atoms with E-state index in [-0.39, 0.29) is 6.04 Å². The molecule has 0 unspecified atom stereocenters. The predicted octanol–water partition coefficient (Wildman–Crippen LogP) is 2.49. The summed E-state index contributed by atoms with van der Waals surface area (Å²) < 4.78 is 1.78. The molecule has 0 aliphatic heterocycles. The van der Waals surface area contributed by atoms with E-state index in [0.29, 0.717) is 5.56 Å². The molecule has 0 amide bonds. The zero-order valence-corrected chi connectivity index (χ0v) is 10.8. The Bertz CT molecular complexity index is 579. The fourth-order valence-electron chi connectivity index (χ4n) is 1.88. The molecule has 0 aliphatic rings. The monoisotopic (exact) mass is 240 g/mol. The van der Waals surface area contributed by atoms with Crippen LogP contribution in [0.1, 0.15) is 24.1 Å². The lowest BCUT2D eigenvalue weighted by Gasteiger charge is -2.25. The van der Waals surface area contributed by atoms with Gasteiger partial charge in [0.05, 0.1) is 17.7 Å². The zero-order chi connectivity index (χ0) is 13.1. The Hall–Kier alpha value is -2.28. The van der Waals surface area contributed by atoms with Gasteiger partial charge in [0.15, 0.2) is 5.82 Å². The minimum Gasteiger partial charge on any atom is -0.351 e. The molecular formula is C14H16N4. The standard InChI is InChI=1S/C14H16N4/c1-11(13-6-4-5-12(9-13)10-15)18(3)14-7-8-17(2)16-14/h4-9,11H,1-3H3/t11-/m0/s1. The summed E-state index contributed by atoms with van der Waals surface area (Å²) in [6, 6.07) is 12.0. The van der Waals surface area contributed by atoms with Crippen molar-refractivity contribution in [3.05, 3.63) is 47.7 Å². The fraction of sp³-hybridized carbons (Fsp3) is 0.286. The lowest BCUT2D eigenvalue weighted by Crippen LogP contribution is -2.22. The summed E-state index contributed by atoms with van der Waals surface area (Å²) >= 11 is 0. The molecular weight excluding hydrogens is 224 g/mol. The zero-order valence-electron chi connectivity index (χ0n) is 10.8. The van der Waals surface area contributed by atoms with Gasteiger partial charge in [-0.3, -0.25) is 4.68 Å². The first-order valence-electron chi connectivity index (χ1n) is 5.84. The third-order valence-electron chi connectivity index (χ3n) is 3.14. The van der Waals surface area contributed by atoms with Crippen LogP contribution in [0.3, 0.4) is 0 Å². The number of anilines is 1. The normalized spacial score (nSPS) is 11.9. The molecule has 0 saturated heterocycles. The molecule has 0 saturated carbocycles. The van der Waals surface area contributed by atoms with E-state index in [1.54, 1.807) is 4.68 Å². The Morgan fingerprint density at radius 2 is 2.17 bits per heavy atom. The molecule has 0 spiro atoms. The number of hydrogen-bond donors (Lipinski definition) is 0. The molecule has 2 rings (SSSR count). The highest BCUT2D eigenvalue weighted by Gasteiger charge is 2.14. The molecule has 1 aromatic carbocycles. The Morgan fingerprint density at radius 1 is 1.39 bits per heavy atom. The van der Waals surface area contributed by atoms with Gasteiger partial charge < -0.3 is 4.90 Å². The largest absolute Gasteiger partial charge is 0.351 e. The number of hydrogen-bond acceptors (Lipinski definition) is 3. The Kier molecular flexibility index (Phi) is 3.33. The maximum absolute atomic E-state index is 8.92. The van der Waals surface area contributed by atoms with Crippen LogP contribution in [0, 0.1) is 11.3 Å². The van der Waals surface area contributed by atoms with Crippen molar-refractivity contribution in [2.24, 2.45) is 7.05 Å². The molecule has 4 nitrogen and oxygen atoms in total. The van der Waals surface area contributed by atoms with Gasteiger partial charge in [0.1, 0.15) is 0 Å². The van der Waals surface area contributed by atoms with E-state index in [9.17, 15) is 0 Å². The molecule has 0 fully saturated rings. The van der Waals surface area contributed by atoms with Gasteiger partial charge in [-0.1, -0.05) is 12.1 Å². The Morgan fingerprint density at radius 3 is 2.78 bits per heavy atom. The summed E-state index contributed by atoms with van der Waals surface area (Å²) in [6.07, 6.45) is 1.92. The van der Waals surface area contributed by atoms with E-state index in [4.69, 9.17) is 5.26 Å². The minimum atomic E-state index is 0.174. The number of aryl methyl sites for hydroxylation is 1. The predicted molar refractivity (Wildman–Crippen MR) is 71.2 cm³/mol. The van der Waals surface area contributed by atoms with Crippen LogP contribution >= 0.6 is 0 Å². The average molecular weight is 240 g/mol. The first-order valence-corrected chi connectivity index (χ1v) is 5.84. The van der Waals surface area contributed by atoms with Crippen LogP contribution in [0.15, 0.2) is 36.5 Å². The first-order chi connectivity index (χ1) is 8.61. The van der Waals surface area contributed by atoms with Crippen molar-refractivity contribution in [3.8, 4) is 6.07 Å². The van der Waals surface area contributed by atoms with E-state index in [1.165, 1.54) is 0 Å². The molecule has 18 heavy (non-hydrogen) atoms. The van der Waals surface area contributed by atoms with Crippen LogP contribution in [0.25, 0.3) is 0 Å². The van der Waals surface area contributed by atoms with Crippen LogP contribution in [0.4, 0.5) is 5.82 Å². The molecule has 0 aliphatic carbocycles. The summed E-state index contributed by atoms with van der Waals surface area (Å²) in [5.74, 6) is 0.923. The minimum absolute atomic E-state index is 0.174. The van der Waals surface area contributed by atoms with E-state index < -0.39 is 0 Å². The first kappa shape index (κ1) is 12.2. The van der Waals surface area contributed by atoms with Gasteiger partial charge in [-0.05, 0) is 24.6 Å². The maximum atomic E-state index is 8.92. The lowest BCUT2D eigenvalue weighted by atomic mass is 10.0. The molecule has 2 aromatic rings. The van der Waals surface area contributed by atoms with E-state index in [0.717, 1.165) is 11.4 Å². The highest BCUT2D eigenvalue weighted by atomic mass is 15.3. The number of rotatable bonds is 3. The molecule has 1 aromatic heterocycles. The van der Waals surface area contributed by atoms with Gasteiger partial charge in [-0.15, -0.1) is 0 Å². The number of nitriles is 1. The molecule has 0 bridgehead atoms. The molecule has 1 heterocycles. The van der Waals surface area contributed by atoms with Crippen molar-refractivity contribution in [1.29, 1.82) is 5.26 Å². The molecule has 4 heteroatoms. The van der Waals surface area contributed by atoms with Crippen molar-refractivity contribution in [1.82, 2.24) is 9.78 Å². The van der Waals surface area contributed by atoms with Crippen molar-refractivity contribution in [3.63, 3.8) is 0 Å². The highest BCUT2D eigenvalue weighted by Crippen LogP contribution is 2.24. The number of benzene rings is 1. The van der Waals surface area contributed by atoms with Crippen LogP contribution in [0.5, 0.6) is 0 Å². The topological polar surface area (TPSA) is 44.9 Å². The summed E-state index contributed by atoms with van der Waals surface area (Å²) in [7, 11) is 3.91. The fourth-order valence-corrected chi connectivity index (χ4v) is 1.88. The van der Waals surface area contributed by atoms with Crippen molar-refractivity contribution >= 4 is 5.82 Å². The maximum Gasteiger partial charge on any atom is 0.150 e. The molecule has 1 atom stereocenters. The molecule has 0 N–H and O–H groups in total. The van der Waals surface area contributed by atoms with E-state index in [1.807, 2.05) is 50.6 Å². The Balaban J connectivity index is 2.25. The van der Waals surface area contributed by atoms with E-state index >= 15 is 0 Å². The summed E-state index contributed by atoms with van der Waals surface area (Å²) in [4.78, 5) is 2.09. The van der Waals surface area contributed by atoms with Gasteiger partial charge in [-0.2, -0.15) is 10.4 Å². The number of nitrogens with zero attached hydrogens (tertiary/aromatic N) is 4. The Labute approximate surface area is 107 Å². The van der Waals surface area contributed by atoms with Gasteiger partial charge in [0.25, 0.3) is 0 Å². The van der Waals surface area contributed by atoms with Crippen molar-refractivity contribution in [2.75, 3.05) is 11.9 Å². The van der Waals surface area contributed by atoms with Crippen LogP contribution < -0.4 is 4.90 Å². The average Bonchev–Trinajstić information content (AvgIpc) is 2.83. The smallest absolute Gasteiger partial charge is 0.150 e. The van der Waals surface area contributed by atoms with Crippen LogP contribution in [-0.4, -0.2) is 16.8 Å². The van der Waals surface area contributed by atoms with Gasteiger partial charge in [-0.25, -0.2) is 0 Å². The van der Waals surface area contributed by atoms with Gasteiger partial charge in [0.2, 0.25) is 0 Å². The second-order valence-electron chi connectivity index (χ2n) is 4.37. The SMILES string of the molecule is C[C@@H](c1cccc(C#N)c1)N(C)c1ccn(C)n1. The molecule has 0 radical (unpaired) electrons. The third-order valence-corrected chi connectivity index (χ3v) is 3.14. The second kappa shape index (κ2) is 4.92. The van der Waals surface area contributed by atoms with Gasteiger partial charge in [0, 0.05) is 26.4 Å². The van der Waals surface area contributed by atoms with Crippen LogP contribution in [-0.2, 0) is 7.05 Å². The molecule has 92 valence electrons.